The van der Waals surface area contributed by atoms with Gasteiger partial charge in [-0.05, 0) is 32.1 Å². The van der Waals surface area contributed by atoms with Gasteiger partial charge >= 0.3 is 5.97 Å². The lowest BCUT2D eigenvalue weighted by Crippen LogP contribution is -2.59. The van der Waals surface area contributed by atoms with Gasteiger partial charge in [0.15, 0.2) is 6.54 Å². The molecule has 31 heavy (non-hydrogen) atoms. The second kappa shape index (κ2) is 17.1. The molecule has 0 aromatic carbocycles. The van der Waals surface area contributed by atoms with Crippen LogP contribution in [0.25, 0.3) is 0 Å². The standard InChI is InChI=1S/C26H47N3O2/c1-3-4-5-6-7-8-9-10-11-12-13-14-15-16-17-18-19-20-25-28-21-22-29(25,24(2)27)23-26(30)31/h12-13,21-22,24H,3-11,14-20,23,27H2,1-2H3/p+1/b13-12+. The molecular formula is C26H48N3O2+. The minimum Gasteiger partial charge on any atom is -0.477 e. The number of carboxylic acids is 1. The van der Waals surface area contributed by atoms with Gasteiger partial charge in [0, 0.05) is 13.3 Å². The van der Waals surface area contributed by atoms with Crippen LogP contribution in [0.3, 0.4) is 0 Å². The lowest BCUT2D eigenvalue weighted by Gasteiger charge is -2.34. The summed E-state index contributed by atoms with van der Waals surface area (Å²) in [5.74, 6) is 0.0494. The van der Waals surface area contributed by atoms with Gasteiger partial charge < -0.3 is 5.11 Å². The molecule has 178 valence electrons. The maximum atomic E-state index is 11.3. The molecule has 0 saturated heterocycles. The van der Waals surface area contributed by atoms with E-state index in [2.05, 4.69) is 24.1 Å². The lowest BCUT2D eigenvalue weighted by atomic mass is 10.1. The average molecular weight is 435 g/mol. The first-order valence-electron chi connectivity index (χ1n) is 12.8. The van der Waals surface area contributed by atoms with Crippen molar-refractivity contribution in [3.8, 4) is 0 Å². The van der Waals surface area contributed by atoms with Crippen LogP contribution < -0.4 is 5.73 Å². The summed E-state index contributed by atoms with van der Waals surface area (Å²) in [5, 5.41) is 9.26. The number of carboxylic acid groups (broad SMARTS) is 1. The first-order valence-corrected chi connectivity index (χ1v) is 12.8. The number of nitrogens with two attached hydrogens (primary N) is 1. The number of nitrogens with zero attached hydrogens (tertiary/aromatic N) is 2. The second-order valence-corrected chi connectivity index (χ2v) is 9.11. The van der Waals surface area contributed by atoms with E-state index < -0.39 is 5.97 Å². The third-order valence-electron chi connectivity index (χ3n) is 6.32. The largest absolute Gasteiger partial charge is 0.477 e. The SMILES string of the molecule is CCCCCCCCCC/C=C/CCCCCCCC1=NC=C[N+]1(CC(=O)O)C(C)N. The number of carbonyl (C=O) groups is 1. The van der Waals surface area contributed by atoms with Crippen LogP contribution in [0.5, 0.6) is 0 Å². The number of allylic oxidation sites excluding steroid dienone is 2. The molecule has 2 unspecified atom stereocenters. The fourth-order valence-electron chi connectivity index (χ4n) is 4.29. The van der Waals surface area contributed by atoms with Gasteiger partial charge in [0.05, 0.1) is 6.20 Å². The van der Waals surface area contributed by atoms with Crippen molar-refractivity contribution in [3.05, 3.63) is 24.6 Å². The molecule has 1 heterocycles. The minimum absolute atomic E-state index is 0.0295. The van der Waals surface area contributed by atoms with E-state index in [0.717, 1.165) is 25.1 Å². The fourth-order valence-corrected chi connectivity index (χ4v) is 4.29. The molecule has 1 aliphatic heterocycles. The van der Waals surface area contributed by atoms with Gasteiger partial charge in [-0.2, -0.15) is 0 Å². The Hall–Kier alpha value is -1.46. The van der Waals surface area contributed by atoms with Crippen LogP contribution in [-0.4, -0.2) is 34.1 Å². The molecule has 0 spiro atoms. The Morgan fingerprint density at radius 2 is 1.48 bits per heavy atom. The molecule has 0 saturated carbocycles. The maximum absolute atomic E-state index is 11.3. The van der Waals surface area contributed by atoms with E-state index in [9.17, 15) is 9.90 Å². The predicted molar refractivity (Wildman–Crippen MR) is 132 cm³/mol. The van der Waals surface area contributed by atoms with Crippen molar-refractivity contribution < 1.29 is 14.4 Å². The average Bonchev–Trinajstić information content (AvgIpc) is 3.13. The van der Waals surface area contributed by atoms with Gasteiger partial charge in [-0.3, -0.25) is 5.73 Å². The number of hydrogen-bond donors (Lipinski definition) is 2. The van der Waals surface area contributed by atoms with Crippen LogP contribution in [0.4, 0.5) is 0 Å². The molecule has 1 rings (SSSR count). The van der Waals surface area contributed by atoms with E-state index in [1.807, 2.05) is 13.1 Å². The Morgan fingerprint density at radius 1 is 0.968 bits per heavy atom. The molecule has 0 radical (unpaired) electrons. The Labute approximate surface area is 191 Å². The first kappa shape index (κ1) is 27.6. The zero-order valence-corrected chi connectivity index (χ0v) is 20.2. The van der Waals surface area contributed by atoms with Crippen LogP contribution in [0.15, 0.2) is 29.5 Å². The van der Waals surface area contributed by atoms with E-state index in [1.54, 1.807) is 6.20 Å². The Balaban J connectivity index is 2.00. The van der Waals surface area contributed by atoms with Crippen molar-refractivity contribution in [2.24, 2.45) is 10.7 Å². The van der Waals surface area contributed by atoms with Crippen molar-refractivity contribution in [2.45, 2.75) is 123 Å². The fraction of sp³-hybridized carbons (Fsp3) is 0.769. The minimum atomic E-state index is -0.841. The molecule has 0 amide bonds. The molecular weight excluding hydrogens is 386 g/mol. The normalized spacial score (nSPS) is 19.3. The van der Waals surface area contributed by atoms with Gasteiger partial charge in [-0.25, -0.2) is 14.3 Å². The number of aliphatic carboxylic acids is 1. The summed E-state index contributed by atoms with van der Waals surface area (Å²) in [6.45, 7) is 4.10. The number of aliphatic imine (C=N–C) groups is 1. The summed E-state index contributed by atoms with van der Waals surface area (Å²) in [6.07, 6.45) is 28.3. The van der Waals surface area contributed by atoms with Gasteiger partial charge in [-0.15, -0.1) is 0 Å². The van der Waals surface area contributed by atoms with E-state index in [4.69, 9.17) is 5.73 Å². The number of unbranched alkanes of at least 4 members (excludes halogenated alkanes) is 13. The van der Waals surface area contributed by atoms with Gasteiger partial charge in [-0.1, -0.05) is 83.3 Å². The van der Waals surface area contributed by atoms with Crippen molar-refractivity contribution in [1.82, 2.24) is 0 Å². The number of amidine groups is 1. The molecule has 1 aliphatic rings. The summed E-state index contributed by atoms with van der Waals surface area (Å²) >= 11 is 0. The predicted octanol–water partition coefficient (Wildman–Crippen LogP) is 6.89. The summed E-state index contributed by atoms with van der Waals surface area (Å²) in [5.41, 5.74) is 6.11. The molecule has 0 aromatic rings. The zero-order valence-electron chi connectivity index (χ0n) is 20.2. The Bertz CT molecular complexity index is 569. The third-order valence-corrected chi connectivity index (χ3v) is 6.32. The quantitative estimate of drug-likeness (QED) is 0.124. The van der Waals surface area contributed by atoms with Crippen molar-refractivity contribution >= 4 is 11.8 Å². The second-order valence-electron chi connectivity index (χ2n) is 9.11. The number of hydrogen-bond acceptors (Lipinski definition) is 3. The molecule has 5 heteroatoms. The smallest absolute Gasteiger partial charge is 0.360 e. The molecule has 0 bridgehead atoms. The van der Waals surface area contributed by atoms with Crippen molar-refractivity contribution in [1.29, 1.82) is 0 Å². The van der Waals surface area contributed by atoms with E-state index in [0.29, 0.717) is 0 Å². The van der Waals surface area contributed by atoms with Crippen LogP contribution >= 0.6 is 0 Å². The van der Waals surface area contributed by atoms with Crippen LogP contribution in [0.2, 0.25) is 0 Å². The van der Waals surface area contributed by atoms with E-state index >= 15 is 0 Å². The zero-order chi connectivity index (χ0) is 22.8. The highest BCUT2D eigenvalue weighted by atomic mass is 16.4. The summed E-state index contributed by atoms with van der Waals surface area (Å²) in [7, 11) is 0. The topological polar surface area (TPSA) is 75.7 Å². The highest BCUT2D eigenvalue weighted by Crippen LogP contribution is 2.23. The summed E-state index contributed by atoms with van der Waals surface area (Å²) < 4.78 is 0.166. The Morgan fingerprint density at radius 3 is 2.00 bits per heavy atom. The molecule has 2 atom stereocenters. The molecule has 3 N–H and O–H groups in total. The highest BCUT2D eigenvalue weighted by Gasteiger charge is 2.40. The van der Waals surface area contributed by atoms with Crippen molar-refractivity contribution in [2.75, 3.05) is 6.54 Å². The summed E-state index contributed by atoms with van der Waals surface area (Å²) in [6, 6.07) is 0. The summed E-state index contributed by atoms with van der Waals surface area (Å²) in [4.78, 5) is 15.7. The maximum Gasteiger partial charge on any atom is 0.360 e. The van der Waals surface area contributed by atoms with E-state index in [-0.39, 0.29) is 17.2 Å². The van der Waals surface area contributed by atoms with E-state index in [1.165, 1.54) is 83.5 Å². The third kappa shape index (κ3) is 11.6. The first-order chi connectivity index (χ1) is 15.0. The van der Waals surface area contributed by atoms with Gasteiger partial charge in [0.2, 0.25) is 5.84 Å². The lowest BCUT2D eigenvalue weighted by molar-refractivity contribution is -0.805. The number of quaternary nitrogens is 1. The van der Waals surface area contributed by atoms with Crippen molar-refractivity contribution in [3.63, 3.8) is 0 Å². The molecule has 0 aliphatic carbocycles. The molecule has 5 nitrogen and oxygen atoms in total. The molecule has 0 aromatic heterocycles. The monoisotopic (exact) mass is 434 g/mol. The number of rotatable bonds is 20. The highest BCUT2D eigenvalue weighted by molar-refractivity contribution is 5.81. The van der Waals surface area contributed by atoms with Crippen LogP contribution in [0.1, 0.15) is 117 Å². The molecule has 0 fully saturated rings. The van der Waals surface area contributed by atoms with Crippen LogP contribution in [-0.2, 0) is 4.79 Å². The van der Waals surface area contributed by atoms with Gasteiger partial charge in [0.25, 0.3) is 0 Å². The van der Waals surface area contributed by atoms with Crippen LogP contribution in [0, 0.1) is 0 Å². The van der Waals surface area contributed by atoms with Gasteiger partial charge in [0.1, 0.15) is 12.4 Å². The Kier molecular flexibility index (Phi) is 15.2.